The minimum absolute atomic E-state index is 0.0474. The summed E-state index contributed by atoms with van der Waals surface area (Å²) in [5.74, 6) is 1.01. The molecular weight excluding hydrogens is 214 g/mol. The second-order valence-electron chi connectivity index (χ2n) is 4.08. The molecule has 0 atom stereocenters. The van der Waals surface area contributed by atoms with Crippen LogP contribution in [0.5, 0.6) is 0 Å². The molecule has 2 rings (SSSR count). The van der Waals surface area contributed by atoms with Gasteiger partial charge in [-0.3, -0.25) is 4.79 Å². The molecule has 0 N–H and O–H groups in total. The number of furan rings is 1. The Balaban J connectivity index is 2.02. The average molecular weight is 228 g/mol. The van der Waals surface area contributed by atoms with Gasteiger partial charge in [-0.1, -0.05) is 6.92 Å². The van der Waals surface area contributed by atoms with Gasteiger partial charge in [0.05, 0.1) is 0 Å². The molecule has 1 saturated heterocycles. The number of hydrogen-bond acceptors (Lipinski definition) is 2. The maximum Gasteiger partial charge on any atom is 0.289 e. The Morgan fingerprint density at radius 3 is 2.67 bits per heavy atom. The molecule has 15 heavy (non-hydrogen) atoms. The van der Waals surface area contributed by atoms with Gasteiger partial charge in [0.25, 0.3) is 5.91 Å². The first-order chi connectivity index (χ1) is 7.16. The van der Waals surface area contributed by atoms with E-state index in [1.54, 1.807) is 12.1 Å². The van der Waals surface area contributed by atoms with Crippen molar-refractivity contribution in [2.24, 2.45) is 5.92 Å². The smallest absolute Gasteiger partial charge is 0.289 e. The van der Waals surface area contributed by atoms with Crippen molar-refractivity contribution in [3.63, 3.8) is 0 Å². The third-order valence-electron chi connectivity index (χ3n) is 2.85. The highest BCUT2D eigenvalue weighted by atomic mass is 35.5. The molecule has 1 amide bonds. The number of rotatable bonds is 1. The lowest BCUT2D eigenvalue weighted by Gasteiger charge is -2.29. The summed E-state index contributed by atoms with van der Waals surface area (Å²) in [5, 5.41) is 0.267. The number of likely N-dealkylation sites (tertiary alicyclic amines) is 1. The number of carbonyl (C=O) groups excluding carboxylic acids is 1. The summed E-state index contributed by atoms with van der Waals surface area (Å²) < 4.78 is 5.10. The van der Waals surface area contributed by atoms with E-state index in [-0.39, 0.29) is 11.1 Å². The third kappa shape index (κ3) is 2.34. The van der Waals surface area contributed by atoms with Gasteiger partial charge in [-0.2, -0.15) is 0 Å². The van der Waals surface area contributed by atoms with E-state index < -0.39 is 0 Å². The van der Waals surface area contributed by atoms with Gasteiger partial charge in [-0.15, -0.1) is 0 Å². The summed E-state index contributed by atoms with van der Waals surface area (Å²) in [6.07, 6.45) is 2.14. The largest absolute Gasteiger partial charge is 0.440 e. The Labute approximate surface area is 94.0 Å². The molecule has 0 bridgehead atoms. The summed E-state index contributed by atoms with van der Waals surface area (Å²) in [6, 6.07) is 3.23. The lowest BCUT2D eigenvalue weighted by atomic mass is 9.99. The van der Waals surface area contributed by atoms with Crippen LogP contribution in [0.15, 0.2) is 16.5 Å². The number of hydrogen-bond donors (Lipinski definition) is 0. The SMILES string of the molecule is CC1CCN(C(=O)c2ccc(Cl)o2)CC1. The molecule has 0 spiro atoms. The molecule has 0 aromatic carbocycles. The Hall–Kier alpha value is -0.960. The van der Waals surface area contributed by atoms with Crippen molar-refractivity contribution in [1.82, 2.24) is 4.90 Å². The molecule has 0 aliphatic carbocycles. The minimum Gasteiger partial charge on any atom is -0.440 e. The fourth-order valence-electron chi connectivity index (χ4n) is 1.80. The van der Waals surface area contributed by atoms with Crippen molar-refractivity contribution in [2.45, 2.75) is 19.8 Å². The van der Waals surface area contributed by atoms with Crippen molar-refractivity contribution in [3.8, 4) is 0 Å². The number of nitrogens with zero attached hydrogens (tertiary/aromatic N) is 1. The minimum atomic E-state index is -0.0474. The maximum atomic E-state index is 11.9. The quantitative estimate of drug-likeness (QED) is 0.739. The molecule has 1 aliphatic rings. The molecular formula is C11H14ClNO2. The topological polar surface area (TPSA) is 33.5 Å². The highest BCUT2D eigenvalue weighted by Crippen LogP contribution is 2.20. The Bertz CT molecular complexity index is 353. The van der Waals surface area contributed by atoms with Crippen molar-refractivity contribution in [2.75, 3.05) is 13.1 Å². The van der Waals surface area contributed by atoms with Gasteiger partial charge < -0.3 is 9.32 Å². The summed E-state index contributed by atoms with van der Waals surface area (Å²) in [7, 11) is 0. The van der Waals surface area contributed by atoms with E-state index in [1.807, 2.05) is 4.90 Å². The summed E-state index contributed by atoms with van der Waals surface area (Å²) in [4.78, 5) is 13.7. The van der Waals surface area contributed by atoms with E-state index in [4.69, 9.17) is 16.0 Å². The molecule has 0 unspecified atom stereocenters. The first kappa shape index (κ1) is 10.6. The van der Waals surface area contributed by atoms with E-state index in [9.17, 15) is 4.79 Å². The summed E-state index contributed by atoms with van der Waals surface area (Å²) >= 11 is 5.63. The highest BCUT2D eigenvalue weighted by molar-refractivity contribution is 6.29. The van der Waals surface area contributed by atoms with Crippen LogP contribution in [-0.2, 0) is 0 Å². The van der Waals surface area contributed by atoms with Gasteiger partial charge in [-0.05, 0) is 42.5 Å². The first-order valence-electron chi connectivity index (χ1n) is 5.21. The molecule has 82 valence electrons. The van der Waals surface area contributed by atoms with Crippen molar-refractivity contribution >= 4 is 17.5 Å². The van der Waals surface area contributed by atoms with Crippen LogP contribution in [0.25, 0.3) is 0 Å². The molecule has 4 heteroatoms. The first-order valence-corrected chi connectivity index (χ1v) is 5.59. The second-order valence-corrected chi connectivity index (χ2v) is 4.45. The summed E-state index contributed by atoms with van der Waals surface area (Å²) in [6.45, 7) is 3.85. The molecule has 1 aromatic heterocycles. The zero-order valence-corrected chi connectivity index (χ0v) is 9.46. The van der Waals surface area contributed by atoms with Crippen molar-refractivity contribution in [1.29, 1.82) is 0 Å². The monoisotopic (exact) mass is 227 g/mol. The van der Waals surface area contributed by atoms with Crippen LogP contribution in [0.2, 0.25) is 5.22 Å². The molecule has 0 saturated carbocycles. The fourth-order valence-corrected chi connectivity index (χ4v) is 1.94. The van der Waals surface area contributed by atoms with E-state index in [0.717, 1.165) is 25.9 Å². The number of piperidine rings is 1. The Kier molecular flexibility index (Phi) is 3.00. The maximum absolute atomic E-state index is 11.9. The average Bonchev–Trinajstić information content (AvgIpc) is 2.65. The van der Waals surface area contributed by atoms with Gasteiger partial charge in [0.15, 0.2) is 11.0 Å². The lowest BCUT2D eigenvalue weighted by Crippen LogP contribution is -2.37. The van der Waals surface area contributed by atoms with Gasteiger partial charge >= 0.3 is 0 Å². The molecule has 0 radical (unpaired) electrons. The van der Waals surface area contributed by atoms with Gasteiger partial charge in [-0.25, -0.2) is 0 Å². The van der Waals surface area contributed by atoms with Crippen LogP contribution in [-0.4, -0.2) is 23.9 Å². The van der Waals surface area contributed by atoms with E-state index in [2.05, 4.69) is 6.92 Å². The zero-order valence-electron chi connectivity index (χ0n) is 8.70. The normalized spacial score (nSPS) is 18.1. The van der Waals surface area contributed by atoms with E-state index >= 15 is 0 Å². The van der Waals surface area contributed by atoms with Crippen LogP contribution < -0.4 is 0 Å². The van der Waals surface area contributed by atoms with Crippen molar-refractivity contribution < 1.29 is 9.21 Å². The van der Waals surface area contributed by atoms with Crippen LogP contribution in [0.4, 0.5) is 0 Å². The van der Waals surface area contributed by atoms with Gasteiger partial charge in [0.1, 0.15) is 0 Å². The Morgan fingerprint density at radius 2 is 2.13 bits per heavy atom. The Morgan fingerprint density at radius 1 is 1.47 bits per heavy atom. The fraction of sp³-hybridized carbons (Fsp3) is 0.545. The third-order valence-corrected chi connectivity index (χ3v) is 3.06. The molecule has 2 heterocycles. The molecule has 1 aliphatic heterocycles. The van der Waals surface area contributed by atoms with E-state index in [0.29, 0.717) is 11.7 Å². The number of halogens is 1. The standard InChI is InChI=1S/C11H14ClNO2/c1-8-4-6-13(7-5-8)11(14)9-2-3-10(12)15-9/h2-3,8H,4-7H2,1H3. The van der Waals surface area contributed by atoms with Crippen molar-refractivity contribution in [3.05, 3.63) is 23.1 Å². The molecule has 1 fully saturated rings. The second kappa shape index (κ2) is 4.27. The predicted octanol–water partition coefficient (Wildman–Crippen LogP) is 2.81. The van der Waals surface area contributed by atoms with Gasteiger partial charge in [0, 0.05) is 13.1 Å². The lowest BCUT2D eigenvalue weighted by molar-refractivity contribution is 0.0665. The van der Waals surface area contributed by atoms with Gasteiger partial charge in [0.2, 0.25) is 0 Å². The number of carbonyl (C=O) groups is 1. The van der Waals surface area contributed by atoms with Crippen LogP contribution in [0.3, 0.4) is 0 Å². The zero-order chi connectivity index (χ0) is 10.8. The van der Waals surface area contributed by atoms with Crippen LogP contribution in [0.1, 0.15) is 30.3 Å². The van der Waals surface area contributed by atoms with Crippen LogP contribution in [0, 0.1) is 5.92 Å². The molecule has 1 aromatic rings. The molecule has 3 nitrogen and oxygen atoms in total. The van der Waals surface area contributed by atoms with E-state index in [1.165, 1.54) is 0 Å². The predicted molar refractivity (Wildman–Crippen MR) is 58.0 cm³/mol. The highest BCUT2D eigenvalue weighted by Gasteiger charge is 2.23. The summed E-state index contributed by atoms with van der Waals surface area (Å²) in [5.41, 5.74) is 0. The number of amides is 1. The van der Waals surface area contributed by atoms with Crippen LogP contribution >= 0.6 is 11.6 Å².